The Bertz CT molecular complexity index is 379. The molecule has 98 valence electrons. The number of thiazole rings is 1. The molecule has 0 N–H and O–H groups in total. The maximum atomic E-state index is 12.4. The van der Waals surface area contributed by atoms with Crippen molar-refractivity contribution in [3.8, 4) is 0 Å². The second kappa shape index (κ2) is 5.63. The predicted octanol–water partition coefficient (Wildman–Crippen LogP) is 4.31. The van der Waals surface area contributed by atoms with Crippen LogP contribution in [0.25, 0.3) is 0 Å². The summed E-state index contributed by atoms with van der Waals surface area (Å²) in [6.45, 7) is 2.29. The molecule has 0 aromatic carbocycles. The molecule has 1 aromatic rings. The highest BCUT2D eigenvalue weighted by atomic mass is 35.5. The molecule has 0 aliphatic rings. The summed E-state index contributed by atoms with van der Waals surface area (Å²) in [5.41, 5.74) is 0. The van der Waals surface area contributed by atoms with Gasteiger partial charge in [-0.05, 0) is 13.8 Å². The Labute approximate surface area is 111 Å². The van der Waals surface area contributed by atoms with Crippen LogP contribution in [0.4, 0.5) is 18.3 Å². The van der Waals surface area contributed by atoms with Crippen LogP contribution in [0.3, 0.4) is 0 Å². The van der Waals surface area contributed by atoms with E-state index in [-0.39, 0.29) is 22.2 Å². The number of rotatable bonds is 4. The minimum atomic E-state index is -4.27. The molecule has 17 heavy (non-hydrogen) atoms. The van der Waals surface area contributed by atoms with Gasteiger partial charge in [-0.15, -0.1) is 11.6 Å². The monoisotopic (exact) mass is 306 g/mol. The summed E-state index contributed by atoms with van der Waals surface area (Å²) in [7, 11) is 0. The third-order valence-electron chi connectivity index (χ3n) is 1.98. The Hall–Kier alpha value is -0.200. The molecule has 0 saturated heterocycles. The molecule has 0 bridgehead atoms. The Morgan fingerprint density at radius 3 is 2.35 bits per heavy atom. The van der Waals surface area contributed by atoms with Gasteiger partial charge in [0.25, 0.3) is 0 Å². The number of aromatic nitrogens is 1. The van der Waals surface area contributed by atoms with Crippen LogP contribution in [0.5, 0.6) is 0 Å². The minimum absolute atomic E-state index is 0.147. The van der Waals surface area contributed by atoms with Crippen molar-refractivity contribution in [3.05, 3.63) is 10.0 Å². The van der Waals surface area contributed by atoms with E-state index in [4.69, 9.17) is 23.2 Å². The quantitative estimate of drug-likeness (QED) is 0.771. The molecule has 0 atom stereocenters. The molecule has 2 nitrogen and oxygen atoms in total. The average Bonchev–Trinajstić information content (AvgIpc) is 2.54. The summed E-state index contributed by atoms with van der Waals surface area (Å²) >= 11 is 12.5. The van der Waals surface area contributed by atoms with E-state index in [9.17, 15) is 13.2 Å². The van der Waals surface area contributed by atoms with Crippen molar-refractivity contribution in [1.82, 2.24) is 4.98 Å². The van der Waals surface area contributed by atoms with Crippen LogP contribution in [0.1, 0.15) is 18.7 Å². The van der Waals surface area contributed by atoms with Crippen molar-refractivity contribution in [2.24, 2.45) is 0 Å². The molecule has 0 aliphatic heterocycles. The van der Waals surface area contributed by atoms with E-state index in [0.717, 1.165) is 16.2 Å². The SMILES string of the molecule is CC(C)N(CC(F)(F)F)c1nc(Cl)c(CCl)s1. The zero-order chi connectivity index (χ0) is 13.2. The lowest BCUT2D eigenvalue weighted by Crippen LogP contribution is -2.39. The van der Waals surface area contributed by atoms with Crippen molar-refractivity contribution in [2.45, 2.75) is 31.9 Å². The highest BCUT2D eigenvalue weighted by Crippen LogP contribution is 2.33. The number of halogens is 5. The molecule has 0 amide bonds. The van der Waals surface area contributed by atoms with Gasteiger partial charge in [-0.2, -0.15) is 13.2 Å². The molecule has 1 rings (SSSR count). The maximum Gasteiger partial charge on any atom is 0.406 e. The lowest BCUT2D eigenvalue weighted by Gasteiger charge is -2.26. The molecule has 1 heterocycles. The predicted molar refractivity (Wildman–Crippen MR) is 65.2 cm³/mol. The topological polar surface area (TPSA) is 16.1 Å². The summed E-state index contributed by atoms with van der Waals surface area (Å²) < 4.78 is 37.3. The average molecular weight is 307 g/mol. The Kier molecular flexibility index (Phi) is 4.92. The van der Waals surface area contributed by atoms with Crippen LogP contribution in [-0.4, -0.2) is 23.7 Å². The Morgan fingerprint density at radius 1 is 1.41 bits per heavy atom. The summed E-state index contributed by atoms with van der Waals surface area (Å²) in [5, 5.41) is 0.422. The fourth-order valence-electron chi connectivity index (χ4n) is 1.19. The normalized spacial score (nSPS) is 12.2. The van der Waals surface area contributed by atoms with Crippen LogP contribution in [-0.2, 0) is 5.88 Å². The van der Waals surface area contributed by atoms with E-state index in [0.29, 0.717) is 4.88 Å². The smallest absolute Gasteiger partial charge is 0.337 e. The third kappa shape index (κ3) is 4.19. The van der Waals surface area contributed by atoms with Crippen LogP contribution in [0.15, 0.2) is 0 Å². The lowest BCUT2D eigenvalue weighted by atomic mass is 10.3. The van der Waals surface area contributed by atoms with Gasteiger partial charge in [-0.25, -0.2) is 4.98 Å². The van der Waals surface area contributed by atoms with Gasteiger partial charge in [-0.1, -0.05) is 22.9 Å². The fraction of sp³-hybridized carbons (Fsp3) is 0.667. The van der Waals surface area contributed by atoms with Crippen molar-refractivity contribution in [1.29, 1.82) is 0 Å². The van der Waals surface area contributed by atoms with Crippen molar-refractivity contribution in [3.63, 3.8) is 0 Å². The van der Waals surface area contributed by atoms with Gasteiger partial charge in [0.2, 0.25) is 0 Å². The van der Waals surface area contributed by atoms with Crippen LogP contribution in [0.2, 0.25) is 5.15 Å². The van der Waals surface area contributed by atoms with Crippen LogP contribution in [0, 0.1) is 0 Å². The molecular formula is C9H11Cl2F3N2S. The summed E-state index contributed by atoms with van der Waals surface area (Å²) in [6.07, 6.45) is -4.27. The minimum Gasteiger partial charge on any atom is -0.337 e. The van der Waals surface area contributed by atoms with Crippen molar-refractivity contribution < 1.29 is 13.2 Å². The zero-order valence-electron chi connectivity index (χ0n) is 9.18. The zero-order valence-corrected chi connectivity index (χ0v) is 11.5. The van der Waals surface area contributed by atoms with E-state index in [1.54, 1.807) is 13.8 Å². The van der Waals surface area contributed by atoms with Crippen molar-refractivity contribution >= 4 is 39.7 Å². The number of alkyl halides is 4. The van der Waals surface area contributed by atoms with Gasteiger partial charge in [0.15, 0.2) is 5.13 Å². The largest absolute Gasteiger partial charge is 0.406 e. The molecule has 0 fully saturated rings. The van der Waals surface area contributed by atoms with Gasteiger partial charge >= 0.3 is 6.18 Å². The summed E-state index contributed by atoms with van der Waals surface area (Å²) in [6, 6.07) is -0.318. The van der Waals surface area contributed by atoms with E-state index >= 15 is 0 Å². The number of hydrogen-bond donors (Lipinski definition) is 0. The first-order chi connectivity index (χ1) is 7.74. The maximum absolute atomic E-state index is 12.4. The fourth-order valence-corrected chi connectivity index (χ4v) is 2.80. The van der Waals surface area contributed by atoms with Gasteiger partial charge in [0, 0.05) is 6.04 Å². The van der Waals surface area contributed by atoms with Gasteiger partial charge < -0.3 is 4.90 Å². The molecule has 0 spiro atoms. The first-order valence-corrected chi connectivity index (χ1v) is 6.52. The lowest BCUT2D eigenvalue weighted by molar-refractivity contribution is -0.120. The first-order valence-electron chi connectivity index (χ1n) is 4.79. The van der Waals surface area contributed by atoms with E-state index in [1.165, 1.54) is 0 Å². The van der Waals surface area contributed by atoms with E-state index in [2.05, 4.69) is 4.98 Å². The number of hydrogen-bond acceptors (Lipinski definition) is 3. The second-order valence-electron chi connectivity index (χ2n) is 3.68. The van der Waals surface area contributed by atoms with Crippen LogP contribution >= 0.6 is 34.5 Å². The standard InChI is InChI=1S/C9H11Cl2F3N2S/c1-5(2)16(4-9(12,13)14)8-15-7(11)6(3-10)17-8/h5H,3-4H2,1-2H3. The highest BCUT2D eigenvalue weighted by Gasteiger charge is 2.33. The molecule has 0 saturated carbocycles. The van der Waals surface area contributed by atoms with Crippen molar-refractivity contribution in [2.75, 3.05) is 11.4 Å². The Balaban J connectivity index is 2.97. The summed E-state index contributed by atoms with van der Waals surface area (Å²) in [4.78, 5) is 5.65. The number of nitrogens with zero attached hydrogens (tertiary/aromatic N) is 2. The molecule has 0 radical (unpaired) electrons. The van der Waals surface area contributed by atoms with Gasteiger partial charge in [0.05, 0.1) is 10.8 Å². The molecule has 1 aromatic heterocycles. The van der Waals surface area contributed by atoms with Gasteiger partial charge in [-0.3, -0.25) is 0 Å². The third-order valence-corrected chi connectivity index (χ3v) is 3.92. The molecular weight excluding hydrogens is 296 g/mol. The Morgan fingerprint density at radius 2 is 2.00 bits per heavy atom. The molecule has 8 heteroatoms. The molecule has 0 unspecified atom stereocenters. The van der Waals surface area contributed by atoms with E-state index in [1.807, 2.05) is 0 Å². The second-order valence-corrected chi connectivity index (χ2v) is 5.37. The summed E-state index contributed by atoms with van der Waals surface area (Å²) in [5.74, 6) is 0.147. The highest BCUT2D eigenvalue weighted by molar-refractivity contribution is 7.16. The van der Waals surface area contributed by atoms with Crippen LogP contribution < -0.4 is 4.90 Å². The first kappa shape index (κ1) is 14.9. The number of anilines is 1. The van der Waals surface area contributed by atoms with Gasteiger partial charge in [0.1, 0.15) is 11.7 Å². The van der Waals surface area contributed by atoms with E-state index < -0.39 is 12.7 Å². The molecule has 0 aliphatic carbocycles.